The van der Waals surface area contributed by atoms with Crippen LogP contribution in [-0.2, 0) is 0 Å². The first kappa shape index (κ1) is 9.49. The van der Waals surface area contributed by atoms with Crippen molar-refractivity contribution < 1.29 is 0 Å². The Morgan fingerprint density at radius 2 is 2.14 bits per heavy atom. The fourth-order valence-electron chi connectivity index (χ4n) is 3.47. The first-order valence-electron chi connectivity index (χ1n) is 5.91. The Bertz CT molecular complexity index is 201. The highest BCUT2D eigenvalue weighted by Gasteiger charge is 2.50. The van der Waals surface area contributed by atoms with Crippen LogP contribution in [0.1, 0.15) is 13.3 Å². The molecule has 3 heteroatoms. The fourth-order valence-corrected chi connectivity index (χ4v) is 4.40. The number of nitrogens with one attached hydrogen (secondary N) is 1. The van der Waals surface area contributed by atoms with Gasteiger partial charge >= 0.3 is 0 Å². The largest absolute Gasteiger partial charge is 0.313 e. The summed E-state index contributed by atoms with van der Waals surface area (Å²) in [5.74, 6) is 4.67. The lowest BCUT2D eigenvalue weighted by Crippen LogP contribution is -2.52. The van der Waals surface area contributed by atoms with Crippen molar-refractivity contribution >= 4 is 11.8 Å². The third-order valence-corrected chi connectivity index (χ3v) is 5.33. The summed E-state index contributed by atoms with van der Waals surface area (Å²) < 4.78 is 0. The monoisotopic (exact) mass is 212 g/mol. The molecule has 3 aliphatic heterocycles. The maximum atomic E-state index is 3.63. The van der Waals surface area contributed by atoms with Crippen molar-refractivity contribution in [3.05, 3.63) is 0 Å². The summed E-state index contributed by atoms with van der Waals surface area (Å²) in [5.41, 5.74) is 0. The standard InChI is InChI=1S/C11H20N2S/c1-8(13-2-4-14-5-3-13)11-9-6-10(11)12-7-9/h8-12H,2-7H2,1H3. The molecule has 3 heterocycles. The highest BCUT2D eigenvalue weighted by atomic mass is 32.2. The van der Waals surface area contributed by atoms with Gasteiger partial charge < -0.3 is 5.32 Å². The average molecular weight is 212 g/mol. The Hall–Kier alpha value is 0.270. The average Bonchev–Trinajstić information content (AvgIpc) is 2.81. The van der Waals surface area contributed by atoms with E-state index in [0.29, 0.717) is 0 Å². The molecule has 4 aliphatic rings. The Balaban J connectivity index is 1.61. The molecule has 1 aliphatic carbocycles. The number of fused-ring (bicyclic) bond motifs is 1. The normalized spacial score (nSPS) is 44.8. The molecule has 1 N–H and O–H groups in total. The molecule has 2 nitrogen and oxygen atoms in total. The molecule has 2 bridgehead atoms. The summed E-state index contributed by atoms with van der Waals surface area (Å²) in [7, 11) is 0. The quantitative estimate of drug-likeness (QED) is 0.736. The van der Waals surface area contributed by atoms with Gasteiger partial charge in [0, 0.05) is 36.7 Å². The lowest BCUT2D eigenvalue weighted by molar-refractivity contribution is 0.0774. The van der Waals surface area contributed by atoms with Crippen LogP contribution in [0.3, 0.4) is 0 Å². The van der Waals surface area contributed by atoms with Gasteiger partial charge in [0.05, 0.1) is 0 Å². The van der Waals surface area contributed by atoms with Crippen LogP contribution in [0.5, 0.6) is 0 Å². The third-order valence-electron chi connectivity index (χ3n) is 4.39. The molecule has 80 valence electrons. The fraction of sp³-hybridized carbons (Fsp3) is 1.00. The zero-order valence-electron chi connectivity index (χ0n) is 8.91. The van der Waals surface area contributed by atoms with Crippen LogP contribution in [0.15, 0.2) is 0 Å². The SMILES string of the molecule is CC(C1C2CNC1C2)N1CCSCC1. The molecule has 0 aromatic carbocycles. The van der Waals surface area contributed by atoms with E-state index < -0.39 is 0 Å². The van der Waals surface area contributed by atoms with Gasteiger partial charge in [-0.25, -0.2) is 0 Å². The van der Waals surface area contributed by atoms with Gasteiger partial charge in [-0.2, -0.15) is 11.8 Å². The summed E-state index contributed by atoms with van der Waals surface area (Å²) in [6.45, 7) is 6.39. The second kappa shape index (κ2) is 3.69. The predicted molar refractivity (Wildman–Crippen MR) is 61.7 cm³/mol. The van der Waals surface area contributed by atoms with E-state index in [1.54, 1.807) is 0 Å². The Morgan fingerprint density at radius 1 is 1.36 bits per heavy atom. The zero-order valence-corrected chi connectivity index (χ0v) is 9.72. The highest BCUT2D eigenvalue weighted by molar-refractivity contribution is 7.99. The molecular weight excluding hydrogens is 192 g/mol. The van der Waals surface area contributed by atoms with Crippen molar-refractivity contribution in [2.45, 2.75) is 25.4 Å². The molecule has 1 saturated carbocycles. The first-order chi connectivity index (χ1) is 6.86. The van der Waals surface area contributed by atoms with Gasteiger partial charge in [-0.1, -0.05) is 0 Å². The number of thioether (sulfide) groups is 1. The van der Waals surface area contributed by atoms with Crippen LogP contribution >= 0.6 is 11.8 Å². The van der Waals surface area contributed by atoms with Crippen molar-refractivity contribution in [1.82, 2.24) is 10.2 Å². The van der Waals surface area contributed by atoms with E-state index in [0.717, 1.165) is 23.9 Å². The maximum absolute atomic E-state index is 3.63. The second-order valence-electron chi connectivity index (χ2n) is 4.98. The third kappa shape index (κ3) is 1.41. The Morgan fingerprint density at radius 3 is 2.71 bits per heavy atom. The van der Waals surface area contributed by atoms with Crippen LogP contribution in [0.2, 0.25) is 0 Å². The summed E-state index contributed by atoms with van der Waals surface area (Å²) in [5, 5.41) is 3.63. The molecule has 0 amide bonds. The van der Waals surface area contributed by atoms with E-state index in [2.05, 4.69) is 28.9 Å². The van der Waals surface area contributed by atoms with E-state index in [1.807, 2.05) is 0 Å². The smallest absolute Gasteiger partial charge is 0.0117 e. The summed E-state index contributed by atoms with van der Waals surface area (Å²) in [6, 6.07) is 1.69. The highest BCUT2D eigenvalue weighted by Crippen LogP contribution is 2.43. The minimum absolute atomic E-state index is 0.828. The lowest BCUT2D eigenvalue weighted by Gasteiger charge is -2.45. The molecule has 4 fully saturated rings. The second-order valence-corrected chi connectivity index (χ2v) is 6.20. The number of hydrogen-bond donors (Lipinski definition) is 1. The number of hydrogen-bond acceptors (Lipinski definition) is 3. The van der Waals surface area contributed by atoms with Crippen LogP contribution < -0.4 is 5.32 Å². The topological polar surface area (TPSA) is 15.3 Å². The molecule has 3 saturated heterocycles. The van der Waals surface area contributed by atoms with Crippen molar-refractivity contribution in [2.24, 2.45) is 11.8 Å². The van der Waals surface area contributed by atoms with Gasteiger partial charge in [0.25, 0.3) is 0 Å². The maximum Gasteiger partial charge on any atom is 0.0117 e. The van der Waals surface area contributed by atoms with E-state index in [4.69, 9.17) is 0 Å². The van der Waals surface area contributed by atoms with Crippen molar-refractivity contribution in [2.75, 3.05) is 31.1 Å². The molecule has 4 unspecified atom stereocenters. The van der Waals surface area contributed by atoms with Crippen LogP contribution in [0.4, 0.5) is 0 Å². The van der Waals surface area contributed by atoms with Gasteiger partial charge in [-0.3, -0.25) is 4.90 Å². The summed E-state index contributed by atoms with van der Waals surface area (Å²) in [6.07, 6.45) is 1.46. The molecule has 0 radical (unpaired) electrons. The molecule has 14 heavy (non-hydrogen) atoms. The van der Waals surface area contributed by atoms with E-state index in [1.165, 1.54) is 37.6 Å². The molecule has 0 aromatic heterocycles. The minimum atomic E-state index is 0.828. The first-order valence-corrected chi connectivity index (χ1v) is 7.07. The van der Waals surface area contributed by atoms with E-state index >= 15 is 0 Å². The van der Waals surface area contributed by atoms with Gasteiger partial charge in [0.15, 0.2) is 0 Å². The van der Waals surface area contributed by atoms with Gasteiger partial charge in [0.1, 0.15) is 0 Å². The lowest BCUT2D eigenvalue weighted by atomic mass is 9.70. The van der Waals surface area contributed by atoms with Crippen molar-refractivity contribution in [1.29, 1.82) is 0 Å². The van der Waals surface area contributed by atoms with Gasteiger partial charge in [-0.05, 0) is 31.7 Å². The van der Waals surface area contributed by atoms with Gasteiger partial charge in [0.2, 0.25) is 0 Å². The van der Waals surface area contributed by atoms with E-state index in [9.17, 15) is 0 Å². The summed E-state index contributed by atoms with van der Waals surface area (Å²) >= 11 is 2.11. The van der Waals surface area contributed by atoms with Gasteiger partial charge in [-0.15, -0.1) is 0 Å². The summed E-state index contributed by atoms with van der Waals surface area (Å²) in [4.78, 5) is 2.72. The molecule has 0 spiro atoms. The molecular formula is C11H20N2S. The predicted octanol–water partition coefficient (Wildman–Crippen LogP) is 1.03. The van der Waals surface area contributed by atoms with Crippen molar-refractivity contribution in [3.63, 3.8) is 0 Å². The van der Waals surface area contributed by atoms with E-state index in [-0.39, 0.29) is 0 Å². The molecule has 4 atom stereocenters. The minimum Gasteiger partial charge on any atom is -0.313 e. The number of nitrogens with zero attached hydrogens (tertiary/aromatic N) is 1. The zero-order chi connectivity index (χ0) is 9.54. The number of rotatable bonds is 2. The molecule has 4 rings (SSSR count). The van der Waals surface area contributed by atoms with Crippen molar-refractivity contribution in [3.8, 4) is 0 Å². The van der Waals surface area contributed by atoms with Crippen LogP contribution in [-0.4, -0.2) is 48.1 Å². The van der Waals surface area contributed by atoms with Crippen LogP contribution in [0, 0.1) is 11.8 Å². The Labute approximate surface area is 90.8 Å². The van der Waals surface area contributed by atoms with Crippen LogP contribution in [0.25, 0.3) is 0 Å². The Kier molecular flexibility index (Phi) is 2.50. The molecule has 0 aromatic rings.